The summed E-state index contributed by atoms with van der Waals surface area (Å²) in [7, 11) is 1.87. The summed E-state index contributed by atoms with van der Waals surface area (Å²) in [6.07, 6.45) is 3.38. The first-order valence-electron chi connectivity index (χ1n) is 6.99. The molecule has 1 N–H and O–H groups in total. The molecular formula is C15H18N4S2. The molecule has 0 atom stereocenters. The molecular weight excluding hydrogens is 300 g/mol. The van der Waals surface area contributed by atoms with Crippen molar-refractivity contribution in [2.45, 2.75) is 13.1 Å². The van der Waals surface area contributed by atoms with Gasteiger partial charge in [0, 0.05) is 20.1 Å². The molecule has 0 fully saturated rings. The van der Waals surface area contributed by atoms with E-state index >= 15 is 0 Å². The highest BCUT2D eigenvalue weighted by Gasteiger charge is 2.14. The van der Waals surface area contributed by atoms with Crippen molar-refractivity contribution in [2.75, 3.05) is 25.5 Å². The van der Waals surface area contributed by atoms with Crippen molar-refractivity contribution in [1.29, 1.82) is 0 Å². The number of anilines is 1. The molecule has 21 heavy (non-hydrogen) atoms. The maximum Gasteiger partial charge on any atom is 0.204 e. The van der Waals surface area contributed by atoms with Crippen molar-refractivity contribution in [1.82, 2.24) is 14.7 Å². The third kappa shape index (κ3) is 3.40. The lowest BCUT2D eigenvalue weighted by atomic mass is 10.00. The fourth-order valence-electron chi connectivity index (χ4n) is 2.44. The highest BCUT2D eigenvalue weighted by molar-refractivity contribution is 7.73. The van der Waals surface area contributed by atoms with Crippen LogP contribution in [0.1, 0.15) is 12.0 Å². The molecule has 0 bridgehead atoms. The van der Waals surface area contributed by atoms with Crippen molar-refractivity contribution < 1.29 is 0 Å². The molecule has 2 aromatic rings. The number of rotatable bonds is 4. The van der Waals surface area contributed by atoms with Gasteiger partial charge in [-0.3, -0.25) is 4.90 Å². The average molecular weight is 318 g/mol. The van der Waals surface area contributed by atoms with Gasteiger partial charge in [0.15, 0.2) is 3.95 Å². The van der Waals surface area contributed by atoms with Crippen molar-refractivity contribution in [3.8, 4) is 0 Å². The van der Waals surface area contributed by atoms with Crippen LogP contribution in [0.15, 0.2) is 36.4 Å². The summed E-state index contributed by atoms with van der Waals surface area (Å²) in [4.78, 5) is 2.36. The fraction of sp³-hybridized carbons (Fsp3) is 0.333. The van der Waals surface area contributed by atoms with Crippen LogP contribution in [0.25, 0.3) is 5.57 Å². The summed E-state index contributed by atoms with van der Waals surface area (Å²) in [5.74, 6) is 0. The Balaban J connectivity index is 1.67. The van der Waals surface area contributed by atoms with Crippen LogP contribution in [0.5, 0.6) is 0 Å². The van der Waals surface area contributed by atoms with Gasteiger partial charge in [-0.1, -0.05) is 47.7 Å². The SMILES string of the molecule is CNc1nn(CN2CC=C(c3ccccc3)CC2)c(=S)s1. The minimum Gasteiger partial charge on any atom is -0.363 e. The molecule has 3 rings (SSSR count). The number of nitrogens with one attached hydrogen (secondary N) is 1. The van der Waals surface area contributed by atoms with Crippen LogP contribution in [0.3, 0.4) is 0 Å². The van der Waals surface area contributed by atoms with Crippen LogP contribution in [0.4, 0.5) is 5.13 Å². The van der Waals surface area contributed by atoms with Crippen LogP contribution < -0.4 is 5.32 Å². The number of nitrogens with zero attached hydrogens (tertiary/aromatic N) is 3. The van der Waals surface area contributed by atoms with Crippen LogP contribution >= 0.6 is 23.6 Å². The first kappa shape index (κ1) is 14.4. The smallest absolute Gasteiger partial charge is 0.204 e. The lowest BCUT2D eigenvalue weighted by Crippen LogP contribution is -2.31. The molecule has 0 amide bonds. The van der Waals surface area contributed by atoms with Crippen molar-refractivity contribution in [3.63, 3.8) is 0 Å². The first-order chi connectivity index (χ1) is 10.3. The molecule has 0 unspecified atom stereocenters. The minimum absolute atomic E-state index is 0.760. The summed E-state index contributed by atoms with van der Waals surface area (Å²) in [5.41, 5.74) is 2.77. The number of aromatic nitrogens is 2. The minimum atomic E-state index is 0.760. The monoisotopic (exact) mass is 318 g/mol. The van der Waals surface area contributed by atoms with E-state index in [1.165, 1.54) is 22.5 Å². The zero-order valence-corrected chi connectivity index (χ0v) is 13.6. The molecule has 1 aliphatic rings. The molecule has 1 aliphatic heterocycles. The molecule has 0 radical (unpaired) electrons. The Morgan fingerprint density at radius 2 is 2.14 bits per heavy atom. The molecule has 110 valence electrons. The van der Waals surface area contributed by atoms with E-state index in [-0.39, 0.29) is 0 Å². The van der Waals surface area contributed by atoms with Gasteiger partial charge in [-0.2, -0.15) is 0 Å². The Morgan fingerprint density at radius 1 is 1.33 bits per heavy atom. The Bertz CT molecular complexity index is 687. The zero-order chi connectivity index (χ0) is 14.7. The van der Waals surface area contributed by atoms with E-state index in [9.17, 15) is 0 Å². The predicted octanol–water partition coefficient (Wildman–Crippen LogP) is 3.46. The van der Waals surface area contributed by atoms with Crippen molar-refractivity contribution in [3.05, 3.63) is 45.9 Å². The van der Waals surface area contributed by atoms with Gasteiger partial charge in [0.1, 0.15) is 0 Å². The van der Waals surface area contributed by atoms with Gasteiger partial charge in [-0.05, 0) is 29.8 Å². The second-order valence-corrected chi connectivity index (χ2v) is 6.61. The standard InChI is InChI=1S/C15H18N4S2/c1-16-14-17-19(15(20)21-14)11-18-9-7-13(8-10-18)12-5-3-2-4-6-12/h2-7H,8-11H2,1H3,(H,16,17). The van der Waals surface area contributed by atoms with Crippen LogP contribution in [-0.2, 0) is 6.67 Å². The lowest BCUT2D eigenvalue weighted by molar-refractivity contribution is 0.227. The predicted molar refractivity (Wildman–Crippen MR) is 91.1 cm³/mol. The van der Waals surface area contributed by atoms with E-state index in [2.05, 4.69) is 51.7 Å². The van der Waals surface area contributed by atoms with Crippen molar-refractivity contribution >= 4 is 34.3 Å². The molecule has 0 saturated heterocycles. The van der Waals surface area contributed by atoms with Gasteiger partial charge >= 0.3 is 0 Å². The van der Waals surface area contributed by atoms with Crippen LogP contribution in [0, 0.1) is 3.95 Å². The van der Waals surface area contributed by atoms with E-state index in [4.69, 9.17) is 12.2 Å². The zero-order valence-electron chi connectivity index (χ0n) is 12.0. The van der Waals surface area contributed by atoms with E-state index in [1.807, 2.05) is 11.7 Å². The lowest BCUT2D eigenvalue weighted by Gasteiger charge is -2.26. The van der Waals surface area contributed by atoms with E-state index in [0.29, 0.717) is 0 Å². The second kappa shape index (κ2) is 6.51. The maximum absolute atomic E-state index is 5.34. The third-order valence-corrected chi connectivity index (χ3v) is 4.92. The highest BCUT2D eigenvalue weighted by Crippen LogP contribution is 2.22. The Hall–Kier alpha value is -1.50. The van der Waals surface area contributed by atoms with Gasteiger partial charge in [0.25, 0.3) is 0 Å². The molecule has 1 aromatic heterocycles. The van der Waals surface area contributed by atoms with Gasteiger partial charge in [-0.25, -0.2) is 4.68 Å². The molecule has 0 saturated carbocycles. The van der Waals surface area contributed by atoms with Crippen LogP contribution in [-0.4, -0.2) is 34.8 Å². The van der Waals surface area contributed by atoms with E-state index in [0.717, 1.165) is 35.3 Å². The fourth-order valence-corrected chi connectivity index (χ4v) is 3.39. The number of hydrogen-bond acceptors (Lipinski definition) is 5. The Morgan fingerprint density at radius 3 is 2.76 bits per heavy atom. The quantitative estimate of drug-likeness (QED) is 0.875. The molecule has 4 nitrogen and oxygen atoms in total. The molecule has 1 aromatic carbocycles. The molecule has 2 heterocycles. The summed E-state index contributed by atoms with van der Waals surface area (Å²) >= 11 is 6.86. The topological polar surface area (TPSA) is 33.1 Å². The highest BCUT2D eigenvalue weighted by atomic mass is 32.1. The van der Waals surface area contributed by atoms with Gasteiger partial charge in [0.05, 0.1) is 6.67 Å². The number of hydrogen-bond donors (Lipinski definition) is 1. The van der Waals surface area contributed by atoms with Gasteiger partial charge in [0.2, 0.25) is 5.13 Å². The second-order valence-electron chi connectivity index (χ2n) is 4.99. The van der Waals surface area contributed by atoms with Crippen LogP contribution in [0.2, 0.25) is 0 Å². The van der Waals surface area contributed by atoms with Gasteiger partial charge in [-0.15, -0.1) is 5.10 Å². The Kier molecular flexibility index (Phi) is 4.48. The average Bonchev–Trinajstić information content (AvgIpc) is 2.89. The summed E-state index contributed by atoms with van der Waals surface area (Å²) in [6.45, 7) is 2.74. The van der Waals surface area contributed by atoms with Gasteiger partial charge < -0.3 is 5.32 Å². The molecule has 0 aliphatic carbocycles. The largest absolute Gasteiger partial charge is 0.363 e. The Labute approximate surface area is 133 Å². The number of benzene rings is 1. The van der Waals surface area contributed by atoms with Crippen molar-refractivity contribution in [2.24, 2.45) is 0 Å². The molecule has 0 spiro atoms. The van der Waals surface area contributed by atoms with E-state index in [1.54, 1.807) is 0 Å². The first-order valence-corrected chi connectivity index (χ1v) is 8.21. The maximum atomic E-state index is 5.34. The normalized spacial score (nSPS) is 15.8. The molecule has 6 heteroatoms. The summed E-state index contributed by atoms with van der Waals surface area (Å²) < 4.78 is 2.71. The van der Waals surface area contributed by atoms with E-state index < -0.39 is 0 Å². The third-order valence-electron chi connectivity index (χ3n) is 3.59. The summed E-state index contributed by atoms with van der Waals surface area (Å²) in [6, 6.07) is 10.6. The summed E-state index contributed by atoms with van der Waals surface area (Å²) in [5, 5.41) is 8.37.